The van der Waals surface area contributed by atoms with Gasteiger partial charge in [0.05, 0.1) is 0 Å². The minimum absolute atomic E-state index is 0.0842. The van der Waals surface area contributed by atoms with E-state index in [0.717, 1.165) is 31.5 Å². The molecule has 7 heteroatoms. The maximum absolute atomic E-state index is 15.3. The SMILES string of the molecule is CCCC1(C)CCC(c2nc(-c3ccc(C(F)(F)C4=C(F)C(C)CCC4)cc3)c3c(N)nccn23)CC1. The fourth-order valence-electron chi connectivity index (χ4n) is 6.45. The van der Waals surface area contributed by atoms with E-state index in [1.807, 2.05) is 10.6 Å². The third kappa shape index (κ3) is 4.66. The van der Waals surface area contributed by atoms with Gasteiger partial charge >= 0.3 is 0 Å². The van der Waals surface area contributed by atoms with Crippen LogP contribution in [-0.2, 0) is 5.92 Å². The van der Waals surface area contributed by atoms with Gasteiger partial charge in [-0.1, -0.05) is 51.5 Å². The number of benzene rings is 1. The number of imidazole rings is 1. The Hall–Kier alpha value is -2.83. The average molecular weight is 511 g/mol. The van der Waals surface area contributed by atoms with Gasteiger partial charge < -0.3 is 5.73 Å². The summed E-state index contributed by atoms with van der Waals surface area (Å²) in [5.41, 5.74) is 8.15. The van der Waals surface area contributed by atoms with Gasteiger partial charge in [-0.3, -0.25) is 4.40 Å². The van der Waals surface area contributed by atoms with Crippen molar-refractivity contribution in [1.29, 1.82) is 0 Å². The van der Waals surface area contributed by atoms with Crippen LogP contribution >= 0.6 is 0 Å². The van der Waals surface area contributed by atoms with Crippen LogP contribution in [0.3, 0.4) is 0 Å². The first-order chi connectivity index (χ1) is 17.6. The van der Waals surface area contributed by atoms with Gasteiger partial charge in [-0.2, -0.15) is 8.78 Å². The predicted molar refractivity (Wildman–Crippen MR) is 142 cm³/mol. The molecule has 0 spiro atoms. The number of halogens is 3. The van der Waals surface area contributed by atoms with Gasteiger partial charge in [-0.05, 0) is 56.8 Å². The number of alkyl halides is 2. The summed E-state index contributed by atoms with van der Waals surface area (Å²) >= 11 is 0. The first-order valence-corrected chi connectivity index (χ1v) is 13.6. The van der Waals surface area contributed by atoms with Gasteiger partial charge in [0.1, 0.15) is 28.7 Å². The van der Waals surface area contributed by atoms with E-state index in [2.05, 4.69) is 18.8 Å². The van der Waals surface area contributed by atoms with Crippen molar-refractivity contribution < 1.29 is 13.2 Å². The first-order valence-electron chi connectivity index (χ1n) is 13.6. The molecule has 0 saturated heterocycles. The number of nitrogen functional groups attached to an aromatic ring is 1. The average Bonchev–Trinajstić information content (AvgIpc) is 3.27. The van der Waals surface area contributed by atoms with Gasteiger partial charge in [0, 0.05) is 40.9 Å². The standard InChI is InChI=1S/C30H37F3N4/c1-4-14-29(3)15-12-21(13-16-29)28-36-25(26-27(34)35-17-18-37(26)28)20-8-10-22(11-9-20)30(32,33)23-7-5-6-19(2)24(23)31/h8-11,17-19,21H,4-7,12-16H2,1-3H3,(H2,34,35). The minimum atomic E-state index is -3.34. The molecule has 1 fully saturated rings. The van der Waals surface area contributed by atoms with Crippen LogP contribution < -0.4 is 5.73 Å². The van der Waals surface area contributed by atoms with E-state index in [9.17, 15) is 4.39 Å². The third-order valence-electron chi connectivity index (χ3n) is 8.71. The molecule has 0 aliphatic heterocycles. The lowest BCUT2D eigenvalue weighted by atomic mass is 9.69. The Bertz CT molecular complexity index is 1300. The molecule has 5 rings (SSSR count). The number of rotatable bonds is 6. The molecule has 2 aliphatic rings. The molecule has 198 valence electrons. The number of allylic oxidation sites excluding steroid dienone is 2. The topological polar surface area (TPSA) is 56.2 Å². The number of aromatic nitrogens is 3. The van der Waals surface area contributed by atoms with Crippen LogP contribution in [-0.4, -0.2) is 14.4 Å². The van der Waals surface area contributed by atoms with Crippen molar-refractivity contribution in [3.8, 4) is 11.3 Å². The van der Waals surface area contributed by atoms with Crippen molar-refractivity contribution >= 4 is 11.3 Å². The summed E-state index contributed by atoms with van der Waals surface area (Å²) in [7, 11) is 0. The second-order valence-electron chi connectivity index (χ2n) is 11.5. The van der Waals surface area contributed by atoms with Crippen molar-refractivity contribution in [1.82, 2.24) is 14.4 Å². The monoisotopic (exact) mass is 510 g/mol. The molecule has 3 aromatic rings. The molecule has 2 aliphatic carbocycles. The van der Waals surface area contributed by atoms with Crippen LogP contribution in [0.2, 0.25) is 0 Å². The van der Waals surface area contributed by atoms with E-state index in [0.29, 0.717) is 46.8 Å². The zero-order chi connectivity index (χ0) is 26.4. The summed E-state index contributed by atoms with van der Waals surface area (Å²) in [5.74, 6) is -2.84. The molecule has 1 atom stereocenters. The van der Waals surface area contributed by atoms with Crippen LogP contribution in [0, 0.1) is 11.3 Å². The Morgan fingerprint density at radius 2 is 1.84 bits per heavy atom. The number of fused-ring (bicyclic) bond motifs is 1. The van der Waals surface area contributed by atoms with E-state index in [1.54, 1.807) is 25.3 Å². The van der Waals surface area contributed by atoms with Crippen molar-refractivity contribution in [2.45, 2.75) is 90.4 Å². The Balaban J connectivity index is 1.49. The second-order valence-corrected chi connectivity index (χ2v) is 11.5. The molecular weight excluding hydrogens is 473 g/mol. The molecule has 2 aromatic heterocycles. The molecule has 0 radical (unpaired) electrons. The highest BCUT2D eigenvalue weighted by Gasteiger charge is 2.41. The summed E-state index contributed by atoms with van der Waals surface area (Å²) < 4.78 is 47.3. The van der Waals surface area contributed by atoms with Crippen molar-refractivity contribution in [3.63, 3.8) is 0 Å². The van der Waals surface area contributed by atoms with Gasteiger partial charge in [0.25, 0.3) is 5.92 Å². The first kappa shape index (κ1) is 25.8. The molecule has 0 amide bonds. The fourth-order valence-corrected chi connectivity index (χ4v) is 6.45. The van der Waals surface area contributed by atoms with Crippen molar-refractivity contribution in [2.75, 3.05) is 5.73 Å². The maximum Gasteiger partial charge on any atom is 0.297 e. The summed E-state index contributed by atoms with van der Waals surface area (Å²) in [6.07, 6.45) is 11.7. The van der Waals surface area contributed by atoms with E-state index < -0.39 is 17.7 Å². The van der Waals surface area contributed by atoms with Crippen molar-refractivity contribution in [2.24, 2.45) is 11.3 Å². The normalized spacial score (nSPS) is 25.1. The lowest BCUT2D eigenvalue weighted by Crippen LogP contribution is -2.24. The molecule has 37 heavy (non-hydrogen) atoms. The summed E-state index contributed by atoms with van der Waals surface area (Å²) in [6.45, 7) is 6.30. The maximum atomic E-state index is 15.3. The van der Waals surface area contributed by atoms with Gasteiger partial charge in [0.2, 0.25) is 0 Å². The highest BCUT2D eigenvalue weighted by Crippen LogP contribution is 2.47. The Kier molecular flexibility index (Phi) is 6.84. The number of hydrogen-bond acceptors (Lipinski definition) is 3. The number of hydrogen-bond donors (Lipinski definition) is 1. The molecule has 0 bridgehead atoms. The summed E-state index contributed by atoms with van der Waals surface area (Å²) in [4.78, 5) is 9.31. The molecule has 2 N–H and O–H groups in total. The van der Waals surface area contributed by atoms with Crippen molar-refractivity contribution in [3.05, 3.63) is 59.4 Å². The largest absolute Gasteiger partial charge is 0.382 e. The van der Waals surface area contributed by atoms with Crippen LogP contribution in [0.15, 0.2) is 48.1 Å². The molecule has 1 unspecified atom stereocenters. The summed E-state index contributed by atoms with van der Waals surface area (Å²) in [6, 6.07) is 6.07. The summed E-state index contributed by atoms with van der Waals surface area (Å²) in [5, 5.41) is 0. The number of anilines is 1. The van der Waals surface area contributed by atoms with Gasteiger partial charge in [-0.25, -0.2) is 14.4 Å². The molecule has 1 aromatic carbocycles. The highest BCUT2D eigenvalue weighted by atomic mass is 19.3. The molecular formula is C30H37F3N4. The molecule has 2 heterocycles. The number of nitrogens with zero attached hydrogens (tertiary/aromatic N) is 3. The van der Waals surface area contributed by atoms with Crippen LogP contribution in [0.4, 0.5) is 19.0 Å². The van der Waals surface area contributed by atoms with Crippen LogP contribution in [0.5, 0.6) is 0 Å². The Morgan fingerprint density at radius 1 is 1.14 bits per heavy atom. The highest BCUT2D eigenvalue weighted by molar-refractivity contribution is 5.85. The molecule has 4 nitrogen and oxygen atoms in total. The van der Waals surface area contributed by atoms with E-state index in [-0.39, 0.29) is 17.6 Å². The second kappa shape index (κ2) is 9.80. The van der Waals surface area contributed by atoms with E-state index in [1.165, 1.54) is 25.0 Å². The minimum Gasteiger partial charge on any atom is -0.382 e. The lowest BCUT2D eigenvalue weighted by Gasteiger charge is -2.37. The predicted octanol–water partition coefficient (Wildman–Crippen LogP) is 8.58. The van der Waals surface area contributed by atoms with Gasteiger partial charge in [-0.15, -0.1) is 0 Å². The quantitative estimate of drug-likeness (QED) is 0.361. The fraction of sp³-hybridized carbons (Fsp3) is 0.533. The van der Waals surface area contributed by atoms with E-state index >= 15 is 8.78 Å². The Labute approximate surface area is 217 Å². The third-order valence-corrected chi connectivity index (χ3v) is 8.71. The zero-order valence-electron chi connectivity index (χ0n) is 22.0. The van der Waals surface area contributed by atoms with Crippen LogP contribution in [0.25, 0.3) is 16.8 Å². The number of nitrogens with two attached hydrogens (primary N) is 1. The molecule has 1 saturated carbocycles. The zero-order valence-corrected chi connectivity index (χ0v) is 22.0. The smallest absolute Gasteiger partial charge is 0.297 e. The van der Waals surface area contributed by atoms with Gasteiger partial charge in [0.15, 0.2) is 0 Å². The van der Waals surface area contributed by atoms with Crippen LogP contribution in [0.1, 0.15) is 95.9 Å². The lowest BCUT2D eigenvalue weighted by molar-refractivity contribution is 0.0270. The van der Waals surface area contributed by atoms with E-state index in [4.69, 9.17) is 10.7 Å². The Morgan fingerprint density at radius 3 is 2.51 bits per heavy atom.